The van der Waals surface area contributed by atoms with Crippen molar-refractivity contribution in [2.75, 3.05) is 0 Å². The molecule has 0 aliphatic carbocycles. The van der Waals surface area contributed by atoms with Crippen LogP contribution >= 0.6 is 11.6 Å². The second kappa shape index (κ2) is 3.83. The number of aldehydes is 1. The highest BCUT2D eigenvalue weighted by molar-refractivity contribution is 6.67. The number of hydrogen-bond donors (Lipinski definition) is 0. The lowest BCUT2D eigenvalue weighted by Gasteiger charge is -2.00. The monoisotopic (exact) mass is 218 g/mol. The Morgan fingerprint density at radius 1 is 1.07 bits per heavy atom. The summed E-state index contributed by atoms with van der Waals surface area (Å²) < 4.78 is 0. The van der Waals surface area contributed by atoms with E-state index in [4.69, 9.17) is 11.6 Å². The Hall–Kier alpha value is -1.67. The molecule has 2 nitrogen and oxygen atoms in total. The second-order valence-electron chi connectivity index (χ2n) is 3.21. The van der Waals surface area contributed by atoms with Gasteiger partial charge in [-0.1, -0.05) is 18.2 Å². The van der Waals surface area contributed by atoms with Crippen molar-refractivity contribution in [3.8, 4) is 0 Å². The summed E-state index contributed by atoms with van der Waals surface area (Å²) in [5.41, 5.74) is 1.08. The lowest BCUT2D eigenvalue weighted by atomic mass is 10.1. The van der Waals surface area contributed by atoms with Gasteiger partial charge in [0.05, 0.1) is 0 Å². The number of rotatable bonds is 2. The van der Waals surface area contributed by atoms with Crippen LogP contribution in [-0.4, -0.2) is 11.5 Å². The molecule has 0 bridgehead atoms. The molecule has 0 amide bonds. The molecule has 0 aliphatic heterocycles. The molecular weight excluding hydrogens is 212 g/mol. The van der Waals surface area contributed by atoms with Gasteiger partial charge in [-0.15, -0.1) is 0 Å². The van der Waals surface area contributed by atoms with Gasteiger partial charge in [0.25, 0.3) is 5.24 Å². The molecule has 2 rings (SSSR count). The minimum absolute atomic E-state index is 0.461. The van der Waals surface area contributed by atoms with Gasteiger partial charge in [0.2, 0.25) is 0 Å². The van der Waals surface area contributed by atoms with Crippen molar-refractivity contribution in [1.29, 1.82) is 0 Å². The van der Waals surface area contributed by atoms with Crippen LogP contribution in [0.4, 0.5) is 0 Å². The van der Waals surface area contributed by atoms with E-state index in [1.165, 1.54) is 0 Å². The van der Waals surface area contributed by atoms with Crippen LogP contribution in [0.2, 0.25) is 0 Å². The SMILES string of the molecule is O=Cc1ccc2cc(C(=O)Cl)ccc2c1. The molecular formula is C12H7ClO2. The van der Waals surface area contributed by atoms with Gasteiger partial charge < -0.3 is 0 Å². The maximum absolute atomic E-state index is 10.9. The van der Waals surface area contributed by atoms with Crippen LogP contribution in [-0.2, 0) is 0 Å². The Kier molecular flexibility index (Phi) is 2.52. The van der Waals surface area contributed by atoms with E-state index in [-0.39, 0.29) is 0 Å². The van der Waals surface area contributed by atoms with Gasteiger partial charge in [-0.2, -0.15) is 0 Å². The third-order valence-electron chi connectivity index (χ3n) is 2.23. The molecule has 2 aromatic carbocycles. The third-order valence-corrected chi connectivity index (χ3v) is 2.45. The zero-order valence-corrected chi connectivity index (χ0v) is 8.49. The molecule has 0 aliphatic rings. The summed E-state index contributed by atoms with van der Waals surface area (Å²) in [7, 11) is 0. The highest BCUT2D eigenvalue weighted by Crippen LogP contribution is 2.18. The standard InChI is InChI=1S/C12H7ClO2/c13-12(15)11-4-3-9-5-8(7-14)1-2-10(9)6-11/h1-7H. The molecule has 15 heavy (non-hydrogen) atoms. The predicted molar refractivity (Wildman–Crippen MR) is 59.5 cm³/mol. The Morgan fingerprint density at radius 3 is 2.40 bits per heavy atom. The molecule has 0 spiro atoms. The minimum atomic E-state index is -0.476. The molecule has 0 unspecified atom stereocenters. The van der Waals surface area contributed by atoms with Gasteiger partial charge in [-0.05, 0) is 40.6 Å². The summed E-state index contributed by atoms with van der Waals surface area (Å²) in [6, 6.07) is 10.4. The largest absolute Gasteiger partial charge is 0.298 e. The van der Waals surface area contributed by atoms with Gasteiger partial charge >= 0.3 is 0 Å². The Morgan fingerprint density at radius 2 is 1.73 bits per heavy atom. The van der Waals surface area contributed by atoms with Crippen LogP contribution < -0.4 is 0 Å². The van der Waals surface area contributed by atoms with Gasteiger partial charge in [0, 0.05) is 11.1 Å². The Balaban J connectivity index is 2.64. The number of hydrogen-bond acceptors (Lipinski definition) is 2. The van der Waals surface area contributed by atoms with Crippen molar-refractivity contribution in [3.63, 3.8) is 0 Å². The average molecular weight is 219 g/mol. The van der Waals surface area contributed by atoms with Crippen LogP contribution in [0.5, 0.6) is 0 Å². The molecule has 0 saturated heterocycles. The molecule has 0 aromatic heterocycles. The number of halogens is 1. The van der Waals surface area contributed by atoms with E-state index in [0.717, 1.165) is 17.1 Å². The number of carbonyl (C=O) groups excluding carboxylic acids is 2. The van der Waals surface area contributed by atoms with E-state index in [0.29, 0.717) is 11.1 Å². The number of benzene rings is 2. The highest BCUT2D eigenvalue weighted by atomic mass is 35.5. The van der Waals surface area contributed by atoms with Gasteiger partial charge in [0.1, 0.15) is 6.29 Å². The predicted octanol–water partition coefficient (Wildman–Crippen LogP) is 3.03. The zero-order chi connectivity index (χ0) is 10.8. The first kappa shape index (κ1) is 9.87. The van der Waals surface area contributed by atoms with Gasteiger partial charge in [-0.25, -0.2) is 0 Å². The first-order valence-electron chi connectivity index (χ1n) is 4.39. The van der Waals surface area contributed by atoms with E-state index in [2.05, 4.69) is 0 Å². The van der Waals surface area contributed by atoms with Crippen LogP contribution in [0.3, 0.4) is 0 Å². The molecule has 0 atom stereocenters. The molecule has 3 heteroatoms. The Labute approximate surface area is 91.5 Å². The summed E-state index contributed by atoms with van der Waals surface area (Å²) in [5.74, 6) is 0. The first-order valence-corrected chi connectivity index (χ1v) is 4.77. The van der Waals surface area contributed by atoms with Crippen LogP contribution in [0.1, 0.15) is 20.7 Å². The smallest absolute Gasteiger partial charge is 0.252 e. The van der Waals surface area contributed by atoms with E-state index >= 15 is 0 Å². The normalized spacial score (nSPS) is 10.2. The van der Waals surface area contributed by atoms with Crippen LogP contribution in [0.15, 0.2) is 36.4 Å². The quantitative estimate of drug-likeness (QED) is 0.574. The summed E-state index contributed by atoms with van der Waals surface area (Å²) in [6.45, 7) is 0. The Bertz CT molecular complexity index is 546. The molecule has 74 valence electrons. The maximum Gasteiger partial charge on any atom is 0.252 e. The summed E-state index contributed by atoms with van der Waals surface area (Å²) in [5, 5.41) is 1.34. The fraction of sp³-hybridized carbons (Fsp3) is 0. The number of carbonyl (C=O) groups is 2. The first-order chi connectivity index (χ1) is 7.20. The molecule has 0 heterocycles. The summed E-state index contributed by atoms with van der Waals surface area (Å²) in [6.07, 6.45) is 0.792. The topological polar surface area (TPSA) is 34.1 Å². The lowest BCUT2D eigenvalue weighted by molar-refractivity contribution is 0.108. The van der Waals surface area contributed by atoms with E-state index in [1.807, 2.05) is 0 Å². The van der Waals surface area contributed by atoms with Crippen molar-refractivity contribution < 1.29 is 9.59 Å². The van der Waals surface area contributed by atoms with Crippen LogP contribution in [0, 0.1) is 0 Å². The molecule has 0 fully saturated rings. The van der Waals surface area contributed by atoms with Crippen molar-refractivity contribution >= 4 is 33.9 Å². The molecule has 2 aromatic rings. The molecule has 0 saturated carbocycles. The van der Waals surface area contributed by atoms with E-state index in [1.54, 1.807) is 36.4 Å². The van der Waals surface area contributed by atoms with Crippen molar-refractivity contribution in [2.24, 2.45) is 0 Å². The molecule has 0 N–H and O–H groups in total. The van der Waals surface area contributed by atoms with Crippen molar-refractivity contribution in [3.05, 3.63) is 47.5 Å². The maximum atomic E-state index is 10.9. The summed E-state index contributed by atoms with van der Waals surface area (Å²) in [4.78, 5) is 21.5. The summed E-state index contributed by atoms with van der Waals surface area (Å²) >= 11 is 5.37. The fourth-order valence-electron chi connectivity index (χ4n) is 1.46. The zero-order valence-electron chi connectivity index (χ0n) is 7.74. The van der Waals surface area contributed by atoms with Crippen molar-refractivity contribution in [1.82, 2.24) is 0 Å². The van der Waals surface area contributed by atoms with E-state index < -0.39 is 5.24 Å². The number of fused-ring (bicyclic) bond motifs is 1. The van der Waals surface area contributed by atoms with E-state index in [9.17, 15) is 9.59 Å². The average Bonchev–Trinajstić information content (AvgIpc) is 2.27. The van der Waals surface area contributed by atoms with Gasteiger partial charge in [0.15, 0.2) is 0 Å². The fourth-order valence-corrected chi connectivity index (χ4v) is 1.58. The highest BCUT2D eigenvalue weighted by Gasteiger charge is 2.02. The van der Waals surface area contributed by atoms with Crippen molar-refractivity contribution in [2.45, 2.75) is 0 Å². The molecule has 0 radical (unpaired) electrons. The second-order valence-corrected chi connectivity index (χ2v) is 3.56. The van der Waals surface area contributed by atoms with Gasteiger partial charge in [-0.3, -0.25) is 9.59 Å². The lowest BCUT2D eigenvalue weighted by Crippen LogP contribution is -1.88. The third kappa shape index (κ3) is 1.90. The van der Waals surface area contributed by atoms with Crippen LogP contribution in [0.25, 0.3) is 10.8 Å². The minimum Gasteiger partial charge on any atom is -0.298 e.